The summed E-state index contributed by atoms with van der Waals surface area (Å²) in [6.45, 7) is 3.81. The molecule has 0 spiro atoms. The molecule has 1 N–H and O–H groups in total. The van der Waals surface area contributed by atoms with Gasteiger partial charge in [-0.3, -0.25) is 9.89 Å². The molecule has 0 radical (unpaired) electrons. The van der Waals surface area contributed by atoms with Crippen LogP contribution in [-0.2, 0) is 4.74 Å². The van der Waals surface area contributed by atoms with Gasteiger partial charge in [0.1, 0.15) is 11.8 Å². The molecule has 4 rings (SSSR count). The first kappa shape index (κ1) is 15.1. The number of carbonyl (C=O) groups is 1. The van der Waals surface area contributed by atoms with Gasteiger partial charge in [-0.15, -0.1) is 0 Å². The van der Waals surface area contributed by atoms with Gasteiger partial charge in [0.05, 0.1) is 23.1 Å². The van der Waals surface area contributed by atoms with E-state index >= 15 is 0 Å². The lowest BCUT2D eigenvalue weighted by Crippen LogP contribution is -2.17. The maximum atomic E-state index is 12.7. The number of carbonyl (C=O) groups excluding carboxylic acids is 1. The molecule has 4 aromatic rings. The second kappa shape index (κ2) is 5.59. The molecule has 8 heteroatoms. The van der Waals surface area contributed by atoms with Crippen LogP contribution in [0.5, 0.6) is 0 Å². The molecule has 8 nitrogen and oxygen atoms in total. The van der Waals surface area contributed by atoms with Crippen LogP contribution < -0.4 is 5.56 Å². The predicted molar refractivity (Wildman–Crippen MR) is 91.1 cm³/mol. The van der Waals surface area contributed by atoms with Gasteiger partial charge in [-0.05, 0) is 31.5 Å². The number of nitrogens with one attached hydrogen (secondary N) is 1. The molecule has 3 heterocycles. The molecular weight excluding hydrogens is 322 g/mol. The molecule has 0 amide bonds. The largest absolute Gasteiger partial charge is 0.462 e. The summed E-state index contributed by atoms with van der Waals surface area (Å²) in [4.78, 5) is 29.1. The van der Waals surface area contributed by atoms with Crippen molar-refractivity contribution in [1.82, 2.24) is 24.4 Å². The number of aromatic amines is 1. The molecule has 0 bridgehead atoms. The normalized spacial score (nSPS) is 11.3. The Balaban J connectivity index is 2.00. The minimum absolute atomic E-state index is 0.213. The Bertz CT molecular complexity index is 1170. The zero-order valence-corrected chi connectivity index (χ0v) is 13.7. The van der Waals surface area contributed by atoms with E-state index in [-0.39, 0.29) is 12.2 Å². The number of esters is 1. The number of ether oxygens (including phenoxy) is 1. The molecule has 1 aromatic carbocycles. The molecule has 0 saturated heterocycles. The van der Waals surface area contributed by atoms with Crippen LogP contribution in [0.1, 0.15) is 22.8 Å². The first-order valence-electron chi connectivity index (χ1n) is 7.82. The number of hydrogen-bond acceptors (Lipinski definition) is 5. The van der Waals surface area contributed by atoms with Gasteiger partial charge in [-0.1, -0.05) is 12.1 Å². The summed E-state index contributed by atoms with van der Waals surface area (Å²) >= 11 is 0. The topological polar surface area (TPSA) is 94.3 Å². The van der Waals surface area contributed by atoms with E-state index in [4.69, 9.17) is 4.74 Å². The van der Waals surface area contributed by atoms with Crippen molar-refractivity contribution in [2.45, 2.75) is 13.8 Å². The highest BCUT2D eigenvalue weighted by atomic mass is 16.5. The molecule has 0 atom stereocenters. The molecule has 0 aliphatic rings. The SMILES string of the molecule is CCOC(=O)c1cn2ncnc(-n3[nH]c4ccccc4c3=O)c2c1C. The summed E-state index contributed by atoms with van der Waals surface area (Å²) < 4.78 is 7.97. The van der Waals surface area contributed by atoms with Crippen molar-refractivity contribution in [1.29, 1.82) is 0 Å². The van der Waals surface area contributed by atoms with Gasteiger partial charge in [0.15, 0.2) is 5.82 Å². The highest BCUT2D eigenvalue weighted by Crippen LogP contribution is 2.22. The van der Waals surface area contributed by atoms with Crippen LogP contribution in [0.4, 0.5) is 0 Å². The maximum absolute atomic E-state index is 12.7. The van der Waals surface area contributed by atoms with Gasteiger partial charge >= 0.3 is 5.97 Å². The van der Waals surface area contributed by atoms with Crippen LogP contribution in [0.3, 0.4) is 0 Å². The standard InChI is InChI=1S/C17H15N5O3/c1-3-25-17(24)12-8-21-14(10(12)2)15(18-9-19-21)22-16(23)11-6-4-5-7-13(11)20-22/h4-9,20H,3H2,1-2H3. The van der Waals surface area contributed by atoms with Gasteiger partial charge < -0.3 is 4.74 Å². The van der Waals surface area contributed by atoms with Gasteiger partial charge in [0.25, 0.3) is 5.56 Å². The fourth-order valence-corrected chi connectivity index (χ4v) is 2.93. The molecule has 0 aliphatic carbocycles. The monoisotopic (exact) mass is 337 g/mol. The van der Waals surface area contributed by atoms with Crippen LogP contribution in [0.2, 0.25) is 0 Å². The van der Waals surface area contributed by atoms with Crippen molar-refractivity contribution in [3.05, 3.63) is 58.3 Å². The minimum atomic E-state index is -0.430. The van der Waals surface area contributed by atoms with Gasteiger partial charge in [-0.25, -0.2) is 14.3 Å². The van der Waals surface area contributed by atoms with Crippen LogP contribution in [0.15, 0.2) is 41.6 Å². The van der Waals surface area contributed by atoms with E-state index in [9.17, 15) is 9.59 Å². The second-order valence-electron chi connectivity index (χ2n) is 5.56. The summed E-state index contributed by atoms with van der Waals surface area (Å²) in [5.41, 5.74) is 2.11. The fraction of sp³-hybridized carbons (Fsp3) is 0.176. The lowest BCUT2D eigenvalue weighted by atomic mass is 10.2. The zero-order valence-electron chi connectivity index (χ0n) is 13.7. The third kappa shape index (κ3) is 2.22. The van der Waals surface area contributed by atoms with Gasteiger partial charge in [-0.2, -0.15) is 9.78 Å². The van der Waals surface area contributed by atoms with Gasteiger partial charge in [0, 0.05) is 6.20 Å². The quantitative estimate of drug-likeness (QED) is 0.576. The van der Waals surface area contributed by atoms with Crippen molar-refractivity contribution in [3.8, 4) is 5.82 Å². The van der Waals surface area contributed by atoms with Crippen molar-refractivity contribution in [3.63, 3.8) is 0 Å². The maximum Gasteiger partial charge on any atom is 0.340 e. The Labute approximate surface area is 141 Å². The number of H-pyrrole nitrogens is 1. The van der Waals surface area contributed by atoms with E-state index in [0.717, 1.165) is 0 Å². The first-order valence-corrected chi connectivity index (χ1v) is 7.82. The second-order valence-corrected chi connectivity index (χ2v) is 5.56. The van der Waals surface area contributed by atoms with E-state index in [1.165, 1.54) is 15.5 Å². The van der Waals surface area contributed by atoms with Crippen molar-refractivity contribution in [2.24, 2.45) is 0 Å². The number of aryl methyl sites for hydroxylation is 1. The number of benzene rings is 1. The van der Waals surface area contributed by atoms with Crippen molar-refractivity contribution < 1.29 is 9.53 Å². The average molecular weight is 337 g/mol. The lowest BCUT2D eigenvalue weighted by molar-refractivity contribution is 0.0525. The molecule has 0 saturated carbocycles. The highest BCUT2D eigenvalue weighted by Gasteiger charge is 2.21. The average Bonchev–Trinajstić information content (AvgIpc) is 3.13. The van der Waals surface area contributed by atoms with E-state index < -0.39 is 5.97 Å². The van der Waals surface area contributed by atoms with Crippen LogP contribution in [0.25, 0.3) is 22.2 Å². The molecule has 0 aliphatic heterocycles. The van der Waals surface area contributed by atoms with E-state index in [1.807, 2.05) is 12.1 Å². The lowest BCUT2D eigenvalue weighted by Gasteiger charge is -2.04. The number of para-hydroxylation sites is 1. The molecule has 0 fully saturated rings. The Hall–Kier alpha value is -3.42. The smallest absolute Gasteiger partial charge is 0.340 e. The van der Waals surface area contributed by atoms with E-state index in [2.05, 4.69) is 15.2 Å². The van der Waals surface area contributed by atoms with E-state index in [0.29, 0.717) is 33.4 Å². The summed E-state index contributed by atoms with van der Waals surface area (Å²) in [5.74, 6) is -0.0512. The number of aromatic nitrogens is 5. The number of rotatable bonds is 3. The fourth-order valence-electron chi connectivity index (χ4n) is 2.93. The summed E-state index contributed by atoms with van der Waals surface area (Å²) in [5, 5.41) is 7.75. The third-order valence-electron chi connectivity index (χ3n) is 4.11. The van der Waals surface area contributed by atoms with Gasteiger partial charge in [0.2, 0.25) is 0 Å². The summed E-state index contributed by atoms with van der Waals surface area (Å²) in [7, 11) is 0. The minimum Gasteiger partial charge on any atom is -0.462 e. The van der Waals surface area contributed by atoms with Crippen molar-refractivity contribution >= 4 is 22.4 Å². The summed E-state index contributed by atoms with van der Waals surface area (Å²) in [6.07, 6.45) is 2.93. The number of fused-ring (bicyclic) bond motifs is 2. The third-order valence-corrected chi connectivity index (χ3v) is 4.11. The Morgan fingerprint density at radius 2 is 2.12 bits per heavy atom. The van der Waals surface area contributed by atoms with Crippen LogP contribution >= 0.6 is 0 Å². The zero-order chi connectivity index (χ0) is 17.6. The molecule has 126 valence electrons. The predicted octanol–water partition coefficient (Wildman–Crippen LogP) is 1.85. The number of hydrogen-bond donors (Lipinski definition) is 1. The Kier molecular flexibility index (Phi) is 3.38. The van der Waals surface area contributed by atoms with E-state index in [1.54, 1.807) is 32.2 Å². The summed E-state index contributed by atoms with van der Waals surface area (Å²) in [6, 6.07) is 7.22. The van der Waals surface area contributed by atoms with Crippen molar-refractivity contribution in [2.75, 3.05) is 6.61 Å². The molecule has 3 aromatic heterocycles. The molecular formula is C17H15N5O3. The van der Waals surface area contributed by atoms with Crippen LogP contribution in [0, 0.1) is 6.92 Å². The molecule has 0 unspecified atom stereocenters. The van der Waals surface area contributed by atoms with Crippen LogP contribution in [-0.4, -0.2) is 37.0 Å². The Morgan fingerprint density at radius 1 is 1.32 bits per heavy atom. The number of nitrogens with zero attached hydrogens (tertiary/aromatic N) is 4. The molecule has 25 heavy (non-hydrogen) atoms. The Morgan fingerprint density at radius 3 is 2.88 bits per heavy atom. The first-order chi connectivity index (χ1) is 12.1. The highest BCUT2D eigenvalue weighted by molar-refractivity contribution is 5.94.